The lowest BCUT2D eigenvalue weighted by Crippen LogP contribution is -2.30. The highest BCUT2D eigenvalue weighted by Crippen LogP contribution is 2.46. The van der Waals surface area contributed by atoms with E-state index < -0.39 is 0 Å². The second-order valence-electron chi connectivity index (χ2n) is 5.19. The average Bonchev–Trinajstić information content (AvgIpc) is 2.46. The van der Waals surface area contributed by atoms with Crippen molar-refractivity contribution in [2.45, 2.75) is 5.92 Å². The van der Waals surface area contributed by atoms with Crippen molar-refractivity contribution in [3.8, 4) is 11.5 Å². The summed E-state index contributed by atoms with van der Waals surface area (Å²) >= 11 is 0. The third kappa shape index (κ3) is 1.67. The van der Waals surface area contributed by atoms with Gasteiger partial charge in [-0.1, -0.05) is 12.1 Å². The second-order valence-corrected chi connectivity index (χ2v) is 5.19. The molecule has 0 saturated carbocycles. The summed E-state index contributed by atoms with van der Waals surface area (Å²) < 4.78 is 11.3. The molecule has 0 bridgehead atoms. The molecule has 5 heteroatoms. The van der Waals surface area contributed by atoms with Gasteiger partial charge in [-0.15, -0.1) is 0 Å². The van der Waals surface area contributed by atoms with Gasteiger partial charge in [-0.2, -0.15) is 0 Å². The number of ether oxygens (including phenoxy) is 2. The van der Waals surface area contributed by atoms with E-state index in [0.29, 0.717) is 23.7 Å². The molecule has 1 aromatic carbocycles. The maximum atomic E-state index is 12.2. The number of para-hydroxylation sites is 1. The second kappa shape index (κ2) is 4.15. The number of hydrogen-bond acceptors (Lipinski definition) is 5. The average molecular weight is 284 g/mol. The number of hydrogen-bond donors (Lipinski definition) is 2. The van der Waals surface area contributed by atoms with Crippen LogP contribution in [-0.2, 0) is 9.53 Å². The van der Waals surface area contributed by atoms with E-state index in [9.17, 15) is 15.0 Å². The molecule has 0 saturated heterocycles. The maximum Gasteiger partial charge on any atom is 0.193 e. The maximum absolute atomic E-state index is 12.2. The predicted octanol–water partition coefficient (Wildman–Crippen LogP) is 2.10. The first-order valence-electron chi connectivity index (χ1n) is 6.62. The van der Waals surface area contributed by atoms with E-state index in [2.05, 4.69) is 0 Å². The van der Waals surface area contributed by atoms with E-state index >= 15 is 0 Å². The van der Waals surface area contributed by atoms with E-state index in [1.807, 2.05) is 6.07 Å². The molecular formula is C16H12O5. The highest BCUT2D eigenvalue weighted by atomic mass is 16.5. The number of allylic oxidation sites excluding steroid dienone is 3. The van der Waals surface area contributed by atoms with Crippen molar-refractivity contribution in [1.29, 1.82) is 0 Å². The number of phenols is 1. The number of phenolic OH excluding ortho intramolecular Hbond substituents is 1. The van der Waals surface area contributed by atoms with E-state index in [1.54, 1.807) is 12.1 Å². The number of aliphatic hydroxyl groups is 1. The van der Waals surface area contributed by atoms with Crippen LogP contribution in [0.15, 0.2) is 53.0 Å². The van der Waals surface area contributed by atoms with Gasteiger partial charge in [0.25, 0.3) is 0 Å². The molecule has 1 unspecified atom stereocenters. The number of fused-ring (bicyclic) bond motifs is 4. The Labute approximate surface area is 120 Å². The summed E-state index contributed by atoms with van der Waals surface area (Å²) in [7, 11) is 0. The topological polar surface area (TPSA) is 76.0 Å². The van der Waals surface area contributed by atoms with Crippen molar-refractivity contribution in [2.75, 3.05) is 13.2 Å². The smallest absolute Gasteiger partial charge is 0.193 e. The lowest BCUT2D eigenvalue weighted by atomic mass is 9.82. The van der Waals surface area contributed by atoms with Gasteiger partial charge < -0.3 is 19.7 Å². The minimum atomic E-state index is -0.281. The molecule has 2 aliphatic heterocycles. The van der Waals surface area contributed by atoms with Gasteiger partial charge in [0.2, 0.25) is 0 Å². The number of benzene rings is 1. The zero-order valence-corrected chi connectivity index (χ0v) is 11.0. The Bertz CT molecular complexity index is 754. The van der Waals surface area contributed by atoms with E-state index in [1.165, 1.54) is 12.2 Å². The number of aliphatic hydroxyl groups excluding tert-OH is 1. The van der Waals surface area contributed by atoms with Crippen molar-refractivity contribution in [3.05, 3.63) is 58.6 Å². The van der Waals surface area contributed by atoms with Crippen LogP contribution >= 0.6 is 0 Å². The first kappa shape index (κ1) is 12.1. The lowest BCUT2D eigenvalue weighted by Gasteiger charge is -2.35. The molecule has 5 nitrogen and oxygen atoms in total. The molecule has 1 aromatic rings. The minimum Gasteiger partial charge on any atom is -0.508 e. The molecular weight excluding hydrogens is 272 g/mol. The minimum absolute atomic E-state index is 0.0883. The predicted molar refractivity (Wildman–Crippen MR) is 73.1 cm³/mol. The van der Waals surface area contributed by atoms with E-state index in [4.69, 9.17) is 9.47 Å². The largest absolute Gasteiger partial charge is 0.508 e. The fraction of sp³-hybridized carbons (Fsp3) is 0.188. The number of aromatic hydroxyl groups is 1. The Hall–Kier alpha value is -2.69. The van der Waals surface area contributed by atoms with Gasteiger partial charge in [-0.05, 0) is 11.6 Å². The number of ketones is 1. The van der Waals surface area contributed by atoms with Crippen LogP contribution in [0.4, 0.5) is 0 Å². The van der Waals surface area contributed by atoms with Crippen LogP contribution in [0.1, 0.15) is 11.5 Å². The zero-order valence-electron chi connectivity index (χ0n) is 11.0. The standard InChI is InChI=1S/C16H12O5/c17-8-4-13(19)15-11-7-21-16-9(2-1-3-12(16)18)10(11)6-20-14(15)5-8/h1-5,10,17-18H,6-7H2. The monoisotopic (exact) mass is 284 g/mol. The number of carbonyl (C=O) groups excluding carboxylic acids is 1. The van der Waals surface area contributed by atoms with Crippen LogP contribution in [0.2, 0.25) is 0 Å². The first-order valence-corrected chi connectivity index (χ1v) is 6.62. The van der Waals surface area contributed by atoms with Crippen LogP contribution in [0.3, 0.4) is 0 Å². The van der Waals surface area contributed by atoms with Crippen molar-refractivity contribution < 1.29 is 24.5 Å². The van der Waals surface area contributed by atoms with Crippen LogP contribution in [0.5, 0.6) is 11.5 Å². The van der Waals surface area contributed by atoms with Crippen LogP contribution in [-0.4, -0.2) is 29.2 Å². The molecule has 0 fully saturated rings. The summed E-state index contributed by atoms with van der Waals surface area (Å²) in [6.07, 6.45) is 2.62. The summed E-state index contributed by atoms with van der Waals surface area (Å²) in [4.78, 5) is 12.2. The number of rotatable bonds is 0. The number of carbonyl (C=O) groups is 1. The molecule has 0 radical (unpaired) electrons. The summed E-state index contributed by atoms with van der Waals surface area (Å²) in [5, 5.41) is 19.4. The normalized spacial score (nSPS) is 23.0. The molecule has 0 amide bonds. The fourth-order valence-electron chi connectivity index (χ4n) is 3.03. The molecule has 21 heavy (non-hydrogen) atoms. The Morgan fingerprint density at radius 3 is 2.86 bits per heavy atom. The fourth-order valence-corrected chi connectivity index (χ4v) is 3.03. The van der Waals surface area contributed by atoms with Gasteiger partial charge in [0.05, 0.1) is 12.2 Å². The van der Waals surface area contributed by atoms with E-state index in [0.717, 1.165) is 11.1 Å². The van der Waals surface area contributed by atoms with Gasteiger partial charge in [0.15, 0.2) is 17.3 Å². The van der Waals surface area contributed by atoms with Crippen LogP contribution < -0.4 is 4.74 Å². The molecule has 1 aliphatic carbocycles. The van der Waals surface area contributed by atoms with Crippen molar-refractivity contribution in [1.82, 2.24) is 0 Å². The van der Waals surface area contributed by atoms with Gasteiger partial charge >= 0.3 is 0 Å². The van der Waals surface area contributed by atoms with Gasteiger partial charge in [0, 0.05) is 23.6 Å². The Kier molecular flexibility index (Phi) is 2.39. The van der Waals surface area contributed by atoms with Crippen molar-refractivity contribution in [3.63, 3.8) is 0 Å². The Morgan fingerprint density at radius 1 is 1.14 bits per heavy atom. The molecule has 0 aromatic heterocycles. The molecule has 106 valence electrons. The van der Waals surface area contributed by atoms with Crippen molar-refractivity contribution in [2.24, 2.45) is 0 Å². The molecule has 4 rings (SSSR count). The first-order chi connectivity index (χ1) is 10.1. The van der Waals surface area contributed by atoms with Gasteiger partial charge in [-0.3, -0.25) is 4.79 Å². The van der Waals surface area contributed by atoms with Crippen molar-refractivity contribution >= 4 is 5.78 Å². The lowest BCUT2D eigenvalue weighted by molar-refractivity contribution is -0.112. The SMILES string of the molecule is O=C1C=C(O)C=C2OCC3C(=C12)COc1c(O)cccc13. The molecule has 2 N–H and O–H groups in total. The van der Waals surface area contributed by atoms with Gasteiger partial charge in [-0.25, -0.2) is 0 Å². The quantitative estimate of drug-likeness (QED) is 0.763. The Balaban J connectivity index is 1.89. The van der Waals surface area contributed by atoms with E-state index in [-0.39, 0.29) is 29.8 Å². The summed E-state index contributed by atoms with van der Waals surface area (Å²) in [6, 6.07) is 5.17. The summed E-state index contributed by atoms with van der Waals surface area (Å²) in [5.41, 5.74) is 2.10. The highest BCUT2D eigenvalue weighted by molar-refractivity contribution is 6.09. The third-order valence-corrected chi connectivity index (χ3v) is 3.97. The van der Waals surface area contributed by atoms with Crippen LogP contribution in [0.25, 0.3) is 0 Å². The summed E-state index contributed by atoms with van der Waals surface area (Å²) in [6.45, 7) is 0.580. The third-order valence-electron chi connectivity index (χ3n) is 3.97. The molecule has 1 atom stereocenters. The highest BCUT2D eigenvalue weighted by Gasteiger charge is 2.38. The zero-order chi connectivity index (χ0) is 14.6. The summed E-state index contributed by atoms with van der Waals surface area (Å²) in [5.74, 6) is 0.420. The Morgan fingerprint density at radius 2 is 2.00 bits per heavy atom. The molecule has 3 aliphatic rings. The molecule has 0 spiro atoms. The van der Waals surface area contributed by atoms with Crippen LogP contribution in [0, 0.1) is 0 Å². The molecule has 2 heterocycles. The van der Waals surface area contributed by atoms with Gasteiger partial charge in [0.1, 0.15) is 18.1 Å².